The molecule has 0 aliphatic heterocycles. The van der Waals surface area contributed by atoms with Gasteiger partial charge in [-0.1, -0.05) is 42.5 Å². The number of rotatable bonds is 5. The predicted molar refractivity (Wildman–Crippen MR) is 110 cm³/mol. The predicted octanol–water partition coefficient (Wildman–Crippen LogP) is 4.75. The Balaban J connectivity index is 1.39. The van der Waals surface area contributed by atoms with Crippen molar-refractivity contribution in [1.82, 2.24) is 0 Å². The second-order valence-electron chi connectivity index (χ2n) is 6.56. The van der Waals surface area contributed by atoms with Gasteiger partial charge in [0.15, 0.2) is 6.61 Å². The first-order valence-corrected chi connectivity index (χ1v) is 9.12. The number of aryl methyl sites for hydroxylation is 1. The minimum atomic E-state index is -0.525. The molecule has 3 aromatic carbocycles. The minimum absolute atomic E-state index is 0.262. The van der Waals surface area contributed by atoms with Crippen molar-refractivity contribution >= 4 is 16.9 Å². The number of carbonyl (C=O) groups excluding carboxylic acids is 1. The molecule has 0 radical (unpaired) electrons. The molecular formula is C24H18O5. The Morgan fingerprint density at radius 1 is 0.862 bits per heavy atom. The molecule has 0 spiro atoms. The molecule has 0 aliphatic carbocycles. The maximum Gasteiger partial charge on any atom is 0.349 e. The van der Waals surface area contributed by atoms with Gasteiger partial charge in [-0.25, -0.2) is 9.59 Å². The monoisotopic (exact) mass is 386 g/mol. The zero-order chi connectivity index (χ0) is 20.2. The van der Waals surface area contributed by atoms with Gasteiger partial charge in [0.1, 0.15) is 17.1 Å². The number of fused-ring (bicyclic) bond motifs is 1. The van der Waals surface area contributed by atoms with Crippen LogP contribution in [0.2, 0.25) is 0 Å². The van der Waals surface area contributed by atoms with Crippen LogP contribution in [-0.2, 0) is 4.79 Å². The molecule has 29 heavy (non-hydrogen) atoms. The molecule has 0 bridgehead atoms. The third kappa shape index (κ3) is 4.35. The highest BCUT2D eigenvalue weighted by Crippen LogP contribution is 2.23. The van der Waals surface area contributed by atoms with Crippen LogP contribution in [0.15, 0.2) is 88.1 Å². The summed E-state index contributed by atoms with van der Waals surface area (Å²) in [5, 5.41) is 0.818. The van der Waals surface area contributed by atoms with Crippen LogP contribution in [0.25, 0.3) is 22.1 Å². The Hall–Kier alpha value is -3.86. The van der Waals surface area contributed by atoms with Crippen molar-refractivity contribution in [3.05, 3.63) is 94.8 Å². The average molecular weight is 386 g/mol. The molecule has 1 heterocycles. The fourth-order valence-corrected chi connectivity index (χ4v) is 3.04. The second kappa shape index (κ2) is 8.02. The summed E-state index contributed by atoms with van der Waals surface area (Å²) in [7, 11) is 0. The summed E-state index contributed by atoms with van der Waals surface area (Å²) >= 11 is 0. The summed E-state index contributed by atoms with van der Waals surface area (Å²) in [6, 6.07) is 23.7. The first kappa shape index (κ1) is 18.5. The molecule has 0 fully saturated rings. The lowest BCUT2D eigenvalue weighted by molar-refractivity contribution is -0.136. The zero-order valence-electron chi connectivity index (χ0n) is 15.8. The van der Waals surface area contributed by atoms with E-state index >= 15 is 0 Å². The van der Waals surface area contributed by atoms with Crippen molar-refractivity contribution in [2.24, 2.45) is 0 Å². The fraction of sp³-hybridized carbons (Fsp3) is 0.0833. The normalized spacial score (nSPS) is 10.7. The summed E-state index contributed by atoms with van der Waals surface area (Å²) < 4.78 is 16.0. The molecule has 0 saturated heterocycles. The highest BCUT2D eigenvalue weighted by Gasteiger charge is 2.09. The largest absolute Gasteiger partial charge is 0.482 e. The van der Waals surface area contributed by atoms with E-state index in [-0.39, 0.29) is 6.61 Å². The Morgan fingerprint density at radius 3 is 2.31 bits per heavy atom. The topological polar surface area (TPSA) is 65.7 Å². The van der Waals surface area contributed by atoms with Crippen molar-refractivity contribution in [2.45, 2.75) is 6.92 Å². The highest BCUT2D eigenvalue weighted by molar-refractivity contribution is 5.81. The lowest BCUT2D eigenvalue weighted by Gasteiger charge is -2.08. The molecule has 4 rings (SSSR count). The summed E-state index contributed by atoms with van der Waals surface area (Å²) in [5.41, 5.74) is 2.94. The number of hydrogen-bond acceptors (Lipinski definition) is 5. The van der Waals surface area contributed by atoms with Gasteiger partial charge in [0.05, 0.1) is 0 Å². The Bertz CT molecular complexity index is 1210. The summed E-state index contributed by atoms with van der Waals surface area (Å²) in [6.07, 6.45) is 0. The molecular weight excluding hydrogens is 368 g/mol. The van der Waals surface area contributed by atoms with Crippen LogP contribution < -0.4 is 15.1 Å². The van der Waals surface area contributed by atoms with Gasteiger partial charge >= 0.3 is 11.6 Å². The zero-order valence-corrected chi connectivity index (χ0v) is 15.8. The van der Waals surface area contributed by atoms with E-state index in [1.165, 1.54) is 6.07 Å². The third-order valence-corrected chi connectivity index (χ3v) is 4.47. The van der Waals surface area contributed by atoms with E-state index in [1.807, 2.05) is 49.4 Å². The van der Waals surface area contributed by atoms with E-state index in [0.717, 1.165) is 22.1 Å². The van der Waals surface area contributed by atoms with E-state index in [0.29, 0.717) is 17.1 Å². The minimum Gasteiger partial charge on any atom is -0.482 e. The molecule has 0 saturated carbocycles. The molecule has 5 heteroatoms. The number of benzene rings is 3. The third-order valence-electron chi connectivity index (χ3n) is 4.47. The van der Waals surface area contributed by atoms with E-state index in [2.05, 4.69) is 0 Å². The average Bonchev–Trinajstić information content (AvgIpc) is 2.73. The molecule has 0 atom stereocenters. The summed E-state index contributed by atoms with van der Waals surface area (Å²) in [5.74, 6) is 0.337. The van der Waals surface area contributed by atoms with Gasteiger partial charge in [-0.05, 0) is 47.9 Å². The fourth-order valence-electron chi connectivity index (χ4n) is 3.04. The van der Waals surface area contributed by atoms with Crippen molar-refractivity contribution < 1.29 is 18.7 Å². The Kier molecular flexibility index (Phi) is 5.12. The van der Waals surface area contributed by atoms with E-state index in [1.54, 1.807) is 30.3 Å². The molecule has 0 amide bonds. The maximum atomic E-state index is 12.1. The van der Waals surface area contributed by atoms with Gasteiger partial charge in [-0.3, -0.25) is 0 Å². The number of hydrogen-bond donors (Lipinski definition) is 0. The van der Waals surface area contributed by atoms with Crippen LogP contribution in [-0.4, -0.2) is 12.6 Å². The van der Waals surface area contributed by atoms with Gasteiger partial charge in [0, 0.05) is 17.5 Å². The van der Waals surface area contributed by atoms with E-state index in [4.69, 9.17) is 13.9 Å². The van der Waals surface area contributed by atoms with Crippen LogP contribution in [0.5, 0.6) is 11.5 Å². The number of carbonyl (C=O) groups is 1. The smallest absolute Gasteiger partial charge is 0.349 e. The molecule has 144 valence electrons. The van der Waals surface area contributed by atoms with Crippen molar-refractivity contribution in [1.29, 1.82) is 0 Å². The SMILES string of the molecule is Cc1cc(=O)oc2cc(OCC(=O)Oc3ccc(-c4ccccc4)cc3)ccc12. The van der Waals surface area contributed by atoms with Crippen molar-refractivity contribution in [3.8, 4) is 22.6 Å². The number of ether oxygens (including phenoxy) is 2. The van der Waals surface area contributed by atoms with Crippen LogP contribution in [0.3, 0.4) is 0 Å². The van der Waals surface area contributed by atoms with Crippen LogP contribution in [0.4, 0.5) is 0 Å². The van der Waals surface area contributed by atoms with E-state index in [9.17, 15) is 9.59 Å². The Labute approximate surface area is 167 Å². The first-order chi connectivity index (χ1) is 14.1. The van der Waals surface area contributed by atoms with Crippen molar-refractivity contribution in [2.75, 3.05) is 6.61 Å². The lowest BCUT2D eigenvalue weighted by Crippen LogP contribution is -2.17. The van der Waals surface area contributed by atoms with E-state index < -0.39 is 11.6 Å². The van der Waals surface area contributed by atoms with Gasteiger partial charge in [-0.2, -0.15) is 0 Å². The van der Waals surface area contributed by atoms with Gasteiger partial charge in [-0.15, -0.1) is 0 Å². The van der Waals surface area contributed by atoms with Crippen LogP contribution in [0.1, 0.15) is 5.56 Å². The lowest BCUT2D eigenvalue weighted by atomic mass is 10.1. The molecule has 0 aliphatic rings. The molecule has 0 unspecified atom stereocenters. The summed E-state index contributed by atoms with van der Waals surface area (Å²) in [4.78, 5) is 23.6. The van der Waals surface area contributed by atoms with Gasteiger partial charge < -0.3 is 13.9 Å². The first-order valence-electron chi connectivity index (χ1n) is 9.12. The maximum absolute atomic E-state index is 12.1. The van der Waals surface area contributed by atoms with Crippen LogP contribution >= 0.6 is 0 Å². The molecule has 4 aromatic rings. The molecule has 0 N–H and O–H groups in total. The highest BCUT2D eigenvalue weighted by atomic mass is 16.6. The number of esters is 1. The molecule has 1 aromatic heterocycles. The van der Waals surface area contributed by atoms with Crippen molar-refractivity contribution in [3.63, 3.8) is 0 Å². The second-order valence-corrected chi connectivity index (χ2v) is 6.56. The quantitative estimate of drug-likeness (QED) is 0.281. The van der Waals surface area contributed by atoms with Crippen LogP contribution in [0, 0.1) is 6.92 Å². The standard InChI is InChI=1S/C24H18O5/c1-16-13-23(25)29-22-14-20(11-12-21(16)22)27-15-24(26)28-19-9-7-18(8-10-19)17-5-3-2-4-6-17/h2-14H,15H2,1H3. The van der Waals surface area contributed by atoms with Gasteiger partial charge in [0.2, 0.25) is 0 Å². The summed E-state index contributed by atoms with van der Waals surface area (Å²) in [6.45, 7) is 1.57. The Morgan fingerprint density at radius 2 is 1.55 bits per heavy atom. The molecule has 5 nitrogen and oxygen atoms in total. The van der Waals surface area contributed by atoms with Gasteiger partial charge in [0.25, 0.3) is 0 Å².